The number of nitrogens with zero attached hydrogens (tertiary/aromatic N) is 2. The average Bonchev–Trinajstić information content (AvgIpc) is 3.79. The van der Waals surface area contributed by atoms with Crippen molar-refractivity contribution in [1.82, 2.24) is 9.13 Å². The molecule has 0 saturated carbocycles. The standard InChI is InChI=1S/C44H30N2S/c1-2-45-39-15-6-3-10-33(39)37-26-29(20-24-40(37)45)30-21-25-42-38(27-30)34-11-4-7-16-41(34)46(42)31-22-18-28(19-23-31)32-13-9-14-36-35-12-5-8-17-43(35)47-44(32)36/h3-27H,2H2,1H3. The van der Waals surface area contributed by atoms with Crippen LogP contribution in [0.25, 0.3) is 91.7 Å². The molecule has 0 radical (unpaired) electrons. The number of hydrogen-bond acceptors (Lipinski definition) is 1. The van der Waals surface area contributed by atoms with Crippen LogP contribution in [-0.2, 0) is 6.54 Å². The highest BCUT2D eigenvalue weighted by atomic mass is 32.1. The number of para-hydroxylation sites is 2. The molecule has 0 N–H and O–H groups in total. The van der Waals surface area contributed by atoms with Crippen molar-refractivity contribution in [3.63, 3.8) is 0 Å². The third-order valence-electron chi connectivity index (χ3n) is 9.94. The van der Waals surface area contributed by atoms with Crippen molar-refractivity contribution in [2.24, 2.45) is 0 Å². The largest absolute Gasteiger partial charge is 0.341 e. The van der Waals surface area contributed by atoms with E-state index in [4.69, 9.17) is 0 Å². The molecule has 0 saturated heterocycles. The van der Waals surface area contributed by atoms with Crippen molar-refractivity contribution in [3.05, 3.63) is 152 Å². The second-order valence-electron chi connectivity index (χ2n) is 12.4. The molecule has 0 aliphatic heterocycles. The number of thiophene rings is 1. The lowest BCUT2D eigenvalue weighted by atomic mass is 10.0. The molecule has 7 aromatic carbocycles. The van der Waals surface area contributed by atoms with E-state index in [-0.39, 0.29) is 0 Å². The summed E-state index contributed by atoms with van der Waals surface area (Å²) in [5.41, 5.74) is 11.2. The molecule has 0 aliphatic carbocycles. The molecule has 0 spiro atoms. The first-order chi connectivity index (χ1) is 23.3. The van der Waals surface area contributed by atoms with Gasteiger partial charge in [0.1, 0.15) is 0 Å². The molecule has 10 rings (SSSR count). The van der Waals surface area contributed by atoms with Gasteiger partial charge in [-0.05, 0) is 83.8 Å². The van der Waals surface area contributed by atoms with Crippen LogP contribution >= 0.6 is 11.3 Å². The van der Waals surface area contributed by atoms with Gasteiger partial charge in [-0.25, -0.2) is 0 Å². The highest BCUT2D eigenvalue weighted by Gasteiger charge is 2.16. The topological polar surface area (TPSA) is 9.86 Å². The smallest absolute Gasteiger partial charge is 0.0541 e. The van der Waals surface area contributed by atoms with Crippen LogP contribution in [0, 0.1) is 0 Å². The average molecular weight is 619 g/mol. The predicted octanol–water partition coefficient (Wildman–Crippen LogP) is 12.6. The van der Waals surface area contributed by atoms with Gasteiger partial charge in [-0.1, -0.05) is 97.1 Å². The van der Waals surface area contributed by atoms with Crippen LogP contribution in [0.2, 0.25) is 0 Å². The van der Waals surface area contributed by atoms with E-state index in [0.717, 1.165) is 6.54 Å². The number of fused-ring (bicyclic) bond motifs is 9. The fourth-order valence-corrected chi connectivity index (χ4v) is 9.01. The third kappa shape index (κ3) is 3.90. The molecule has 0 fully saturated rings. The van der Waals surface area contributed by atoms with Crippen molar-refractivity contribution in [2.75, 3.05) is 0 Å². The molecule has 3 heterocycles. The number of rotatable bonds is 4. The van der Waals surface area contributed by atoms with Gasteiger partial charge in [0.05, 0.1) is 11.0 Å². The molecule has 2 nitrogen and oxygen atoms in total. The summed E-state index contributed by atoms with van der Waals surface area (Å²) in [7, 11) is 0. The molecular weight excluding hydrogens is 589 g/mol. The quantitative estimate of drug-likeness (QED) is 0.186. The van der Waals surface area contributed by atoms with Crippen LogP contribution in [0.5, 0.6) is 0 Å². The maximum absolute atomic E-state index is 2.42. The molecule has 0 amide bonds. The summed E-state index contributed by atoms with van der Waals surface area (Å²) >= 11 is 1.89. The lowest BCUT2D eigenvalue weighted by molar-refractivity contribution is 0.827. The fraction of sp³-hybridized carbons (Fsp3) is 0.0455. The van der Waals surface area contributed by atoms with Gasteiger partial charge in [-0.3, -0.25) is 0 Å². The van der Waals surface area contributed by atoms with Crippen molar-refractivity contribution in [1.29, 1.82) is 0 Å². The normalized spacial score (nSPS) is 12.0. The van der Waals surface area contributed by atoms with Crippen LogP contribution in [0.1, 0.15) is 6.92 Å². The molecule has 0 aliphatic rings. The van der Waals surface area contributed by atoms with E-state index in [1.165, 1.54) is 91.7 Å². The Hall–Kier alpha value is -5.64. The Morgan fingerprint density at radius 1 is 0.447 bits per heavy atom. The van der Waals surface area contributed by atoms with Crippen molar-refractivity contribution >= 4 is 75.1 Å². The Bertz CT molecular complexity index is 2830. The second-order valence-corrected chi connectivity index (χ2v) is 13.5. The SMILES string of the molecule is CCn1c2ccccc2c2cc(-c3ccc4c(c3)c3ccccc3n4-c3ccc(-c4cccc5c4sc4ccccc45)cc3)ccc21. The van der Waals surface area contributed by atoms with E-state index in [1.54, 1.807) is 0 Å². The van der Waals surface area contributed by atoms with Crippen molar-refractivity contribution in [2.45, 2.75) is 13.5 Å². The highest BCUT2D eigenvalue weighted by molar-refractivity contribution is 7.26. The minimum Gasteiger partial charge on any atom is -0.341 e. The molecule has 0 unspecified atom stereocenters. The van der Waals surface area contributed by atoms with Crippen LogP contribution < -0.4 is 0 Å². The van der Waals surface area contributed by atoms with Crippen molar-refractivity contribution in [3.8, 4) is 27.9 Å². The molecule has 10 aromatic rings. The first-order valence-corrected chi connectivity index (χ1v) is 17.1. The molecular formula is C44H30N2S. The van der Waals surface area contributed by atoms with Crippen LogP contribution in [-0.4, -0.2) is 9.13 Å². The predicted molar refractivity (Wildman–Crippen MR) is 203 cm³/mol. The third-order valence-corrected chi connectivity index (χ3v) is 11.2. The zero-order chi connectivity index (χ0) is 31.1. The Morgan fingerprint density at radius 3 is 1.77 bits per heavy atom. The summed E-state index contributed by atoms with van der Waals surface area (Å²) in [6.45, 7) is 3.18. The first kappa shape index (κ1) is 26.6. The number of benzene rings is 7. The molecule has 222 valence electrons. The van der Waals surface area contributed by atoms with E-state index >= 15 is 0 Å². The zero-order valence-corrected chi connectivity index (χ0v) is 26.8. The van der Waals surface area contributed by atoms with E-state index in [0.29, 0.717) is 0 Å². The maximum atomic E-state index is 2.42. The van der Waals surface area contributed by atoms with Gasteiger partial charge >= 0.3 is 0 Å². The van der Waals surface area contributed by atoms with Gasteiger partial charge in [0, 0.05) is 65.0 Å². The summed E-state index contributed by atoms with van der Waals surface area (Å²) in [5.74, 6) is 0. The zero-order valence-electron chi connectivity index (χ0n) is 25.9. The molecule has 0 bridgehead atoms. The Balaban J connectivity index is 1.10. The van der Waals surface area contributed by atoms with Gasteiger partial charge in [0.25, 0.3) is 0 Å². The fourth-order valence-electron chi connectivity index (χ4n) is 7.77. The molecule has 3 heteroatoms. The Labute approximate surface area is 276 Å². The lowest BCUT2D eigenvalue weighted by Crippen LogP contribution is -1.94. The number of aromatic nitrogens is 2. The van der Waals surface area contributed by atoms with Gasteiger partial charge in [-0.15, -0.1) is 11.3 Å². The van der Waals surface area contributed by atoms with Gasteiger partial charge in [0.2, 0.25) is 0 Å². The van der Waals surface area contributed by atoms with Gasteiger partial charge < -0.3 is 9.13 Å². The molecule has 3 aromatic heterocycles. The molecule has 0 atom stereocenters. The summed E-state index contributed by atoms with van der Waals surface area (Å²) in [6, 6.07) is 56.0. The van der Waals surface area contributed by atoms with Gasteiger partial charge in [-0.2, -0.15) is 0 Å². The Morgan fingerprint density at radius 2 is 1.00 bits per heavy atom. The minimum absolute atomic E-state index is 0.955. The van der Waals surface area contributed by atoms with E-state index < -0.39 is 0 Å². The van der Waals surface area contributed by atoms with Crippen LogP contribution in [0.4, 0.5) is 0 Å². The summed E-state index contributed by atoms with van der Waals surface area (Å²) in [4.78, 5) is 0. The molecule has 47 heavy (non-hydrogen) atoms. The summed E-state index contributed by atoms with van der Waals surface area (Å²) < 4.78 is 7.52. The monoisotopic (exact) mass is 618 g/mol. The van der Waals surface area contributed by atoms with Crippen molar-refractivity contribution < 1.29 is 0 Å². The first-order valence-electron chi connectivity index (χ1n) is 16.3. The van der Waals surface area contributed by atoms with Gasteiger partial charge in [0.15, 0.2) is 0 Å². The van der Waals surface area contributed by atoms with E-state index in [1.807, 2.05) is 11.3 Å². The summed E-state index contributed by atoms with van der Waals surface area (Å²) in [5, 5.41) is 7.84. The van der Waals surface area contributed by atoms with Crippen LogP contribution in [0.15, 0.2) is 152 Å². The summed E-state index contributed by atoms with van der Waals surface area (Å²) in [6.07, 6.45) is 0. The highest BCUT2D eigenvalue weighted by Crippen LogP contribution is 2.41. The maximum Gasteiger partial charge on any atom is 0.0541 e. The minimum atomic E-state index is 0.955. The van der Waals surface area contributed by atoms with E-state index in [2.05, 4.69) is 168 Å². The Kier molecular flexibility index (Phi) is 5.76. The lowest BCUT2D eigenvalue weighted by Gasteiger charge is -2.10. The van der Waals surface area contributed by atoms with Crippen LogP contribution in [0.3, 0.4) is 0 Å². The number of aryl methyl sites for hydroxylation is 1. The van der Waals surface area contributed by atoms with E-state index in [9.17, 15) is 0 Å². The second kappa shape index (κ2) is 10.2. The number of hydrogen-bond donors (Lipinski definition) is 0.